The predicted molar refractivity (Wildman–Crippen MR) is 100 cm³/mol. The van der Waals surface area contributed by atoms with Crippen LogP contribution >= 0.6 is 23.5 Å². The molecule has 0 saturated carbocycles. The highest BCUT2D eigenvalue weighted by molar-refractivity contribution is 8.13. The molecular weight excluding hydrogens is 425 g/mol. The molecule has 0 amide bonds. The number of rotatable bonds is 7. The lowest BCUT2D eigenvalue weighted by Gasteiger charge is -2.41. The fourth-order valence-electron chi connectivity index (χ4n) is 3.04. The summed E-state index contributed by atoms with van der Waals surface area (Å²) in [7, 11) is 1.05. The van der Waals surface area contributed by atoms with E-state index >= 15 is 0 Å². The smallest absolute Gasteiger partial charge is 0.364 e. The van der Waals surface area contributed by atoms with E-state index in [-0.39, 0.29) is 22.8 Å². The van der Waals surface area contributed by atoms with Crippen LogP contribution in [-0.4, -0.2) is 60.1 Å². The van der Waals surface area contributed by atoms with Crippen LogP contribution in [0, 0.1) is 5.92 Å². The third-order valence-electron chi connectivity index (χ3n) is 3.97. The molecule has 160 valence electrons. The predicted octanol–water partition coefficient (Wildman–Crippen LogP) is 4.48. The van der Waals surface area contributed by atoms with Gasteiger partial charge in [0.1, 0.15) is 18.5 Å². The molecule has 4 nitrogen and oxygen atoms in total. The number of methoxy groups -OCH3 is 1. The summed E-state index contributed by atoms with van der Waals surface area (Å²) >= 11 is 1.14. The molecule has 0 radical (unpaired) electrons. The first kappa shape index (κ1) is 25.0. The maximum absolute atomic E-state index is 14.0. The molecular formula is C17H22F5NO3S2. The molecule has 0 aromatic rings. The maximum Gasteiger partial charge on any atom is 0.431 e. The molecule has 28 heavy (non-hydrogen) atoms. The Kier molecular flexibility index (Phi) is 9.01. The monoisotopic (exact) mass is 447 g/mol. The summed E-state index contributed by atoms with van der Waals surface area (Å²) in [6, 6.07) is -2.16. The molecule has 0 aromatic heterocycles. The van der Waals surface area contributed by atoms with Crippen LogP contribution in [0.3, 0.4) is 0 Å². The van der Waals surface area contributed by atoms with Gasteiger partial charge in [-0.25, -0.2) is 8.78 Å². The molecule has 0 bridgehead atoms. The van der Waals surface area contributed by atoms with Crippen molar-refractivity contribution in [3.8, 4) is 0 Å². The summed E-state index contributed by atoms with van der Waals surface area (Å²) in [5, 5.41) is -1.74. The normalized spacial score (nSPS) is 18.6. The van der Waals surface area contributed by atoms with Crippen molar-refractivity contribution in [1.29, 1.82) is 0 Å². The minimum atomic E-state index is -5.09. The third-order valence-corrected chi connectivity index (χ3v) is 5.13. The van der Waals surface area contributed by atoms with E-state index in [0.717, 1.165) is 7.11 Å². The van der Waals surface area contributed by atoms with Crippen molar-refractivity contribution in [2.75, 3.05) is 26.4 Å². The highest BCUT2D eigenvalue weighted by atomic mass is 32.2. The summed E-state index contributed by atoms with van der Waals surface area (Å²) in [6.45, 7) is 2.48. The van der Waals surface area contributed by atoms with Crippen molar-refractivity contribution in [2.24, 2.45) is 5.92 Å². The molecule has 11 heteroatoms. The number of nitrogens with zero attached hydrogens (tertiary/aromatic N) is 1. The van der Waals surface area contributed by atoms with Crippen LogP contribution in [0.2, 0.25) is 0 Å². The SMILES string of the molecule is COCN1C(C(F)(F)F)=C(C(=O)SC)C(CC(C)C)=C(C(=O)SC)C1C(F)F. The number of hydrogen-bond donors (Lipinski definition) is 0. The summed E-state index contributed by atoms with van der Waals surface area (Å²) < 4.78 is 74.5. The Balaban J connectivity index is 4.07. The maximum atomic E-state index is 14.0. The lowest BCUT2D eigenvalue weighted by molar-refractivity contribution is -0.135. The number of carbonyl (C=O) groups is 2. The fourth-order valence-corrected chi connectivity index (χ4v) is 3.93. The van der Waals surface area contributed by atoms with Crippen molar-refractivity contribution in [3.63, 3.8) is 0 Å². The van der Waals surface area contributed by atoms with Crippen LogP contribution in [0.1, 0.15) is 20.3 Å². The summed E-state index contributed by atoms with van der Waals surface area (Å²) in [5.74, 6) is -0.272. The molecule has 1 unspecified atom stereocenters. The zero-order valence-electron chi connectivity index (χ0n) is 16.0. The second kappa shape index (κ2) is 10.1. The molecule has 1 heterocycles. The molecule has 0 aliphatic carbocycles. The van der Waals surface area contributed by atoms with Gasteiger partial charge in [-0.1, -0.05) is 37.4 Å². The average molecular weight is 447 g/mol. The van der Waals surface area contributed by atoms with Crippen molar-refractivity contribution in [1.82, 2.24) is 4.90 Å². The molecule has 1 atom stereocenters. The first-order valence-corrected chi connectivity index (χ1v) is 10.6. The van der Waals surface area contributed by atoms with Crippen LogP contribution in [0.4, 0.5) is 22.0 Å². The van der Waals surface area contributed by atoms with Gasteiger partial charge in [0, 0.05) is 12.7 Å². The molecule has 1 rings (SSSR count). The van der Waals surface area contributed by atoms with E-state index in [2.05, 4.69) is 0 Å². The number of carbonyl (C=O) groups excluding carboxylic acids is 2. The average Bonchev–Trinajstić information content (AvgIpc) is 2.58. The Labute approximate surface area is 168 Å². The lowest BCUT2D eigenvalue weighted by atomic mass is 9.84. The number of alkyl halides is 5. The molecule has 0 N–H and O–H groups in total. The van der Waals surface area contributed by atoms with Gasteiger partial charge in [0.15, 0.2) is 0 Å². The Bertz CT molecular complexity index is 674. The minimum Gasteiger partial charge on any atom is -0.364 e. The first-order chi connectivity index (χ1) is 12.9. The Morgan fingerprint density at radius 3 is 2.04 bits per heavy atom. The van der Waals surface area contributed by atoms with Crippen LogP contribution in [0.25, 0.3) is 0 Å². The van der Waals surface area contributed by atoms with Gasteiger partial charge in [-0.05, 0) is 30.4 Å². The van der Waals surface area contributed by atoms with Crippen molar-refractivity contribution < 1.29 is 36.3 Å². The number of ether oxygens (including phenoxy) is 1. The van der Waals surface area contributed by atoms with E-state index < -0.39 is 52.4 Å². The quantitative estimate of drug-likeness (QED) is 0.537. The highest BCUT2D eigenvalue weighted by Gasteiger charge is 2.52. The second-order valence-corrected chi connectivity index (χ2v) is 7.92. The van der Waals surface area contributed by atoms with Gasteiger partial charge in [-0.15, -0.1) is 0 Å². The molecule has 0 saturated heterocycles. The van der Waals surface area contributed by atoms with Gasteiger partial charge in [-0.3, -0.25) is 9.59 Å². The molecule has 0 spiro atoms. The van der Waals surface area contributed by atoms with Crippen LogP contribution in [-0.2, 0) is 14.3 Å². The van der Waals surface area contributed by atoms with Crippen LogP contribution in [0.5, 0.6) is 0 Å². The van der Waals surface area contributed by atoms with E-state index in [1.807, 2.05) is 0 Å². The Hall–Kier alpha value is -1.07. The second-order valence-electron chi connectivity index (χ2n) is 6.36. The number of hydrogen-bond acceptors (Lipinski definition) is 6. The summed E-state index contributed by atoms with van der Waals surface area (Å²) in [6.07, 6.45) is -5.86. The largest absolute Gasteiger partial charge is 0.431 e. The van der Waals surface area contributed by atoms with Crippen molar-refractivity contribution >= 4 is 33.8 Å². The minimum absolute atomic E-state index is 0.118. The highest BCUT2D eigenvalue weighted by Crippen LogP contribution is 2.46. The van der Waals surface area contributed by atoms with Gasteiger partial charge in [-0.2, -0.15) is 13.2 Å². The summed E-state index contributed by atoms with van der Waals surface area (Å²) in [4.78, 5) is 25.3. The van der Waals surface area contributed by atoms with E-state index in [1.54, 1.807) is 13.8 Å². The topological polar surface area (TPSA) is 46.6 Å². The van der Waals surface area contributed by atoms with Crippen molar-refractivity contribution in [2.45, 2.75) is 38.9 Å². The van der Waals surface area contributed by atoms with Gasteiger partial charge in [0.25, 0.3) is 6.43 Å². The van der Waals surface area contributed by atoms with E-state index in [0.29, 0.717) is 23.5 Å². The zero-order chi connectivity index (χ0) is 21.8. The van der Waals surface area contributed by atoms with Gasteiger partial charge < -0.3 is 9.64 Å². The number of allylic oxidation sites excluding steroid dienone is 2. The zero-order valence-corrected chi connectivity index (χ0v) is 17.7. The van der Waals surface area contributed by atoms with Gasteiger partial charge in [0.2, 0.25) is 10.2 Å². The first-order valence-electron chi connectivity index (χ1n) is 8.17. The van der Waals surface area contributed by atoms with Crippen LogP contribution in [0.15, 0.2) is 22.4 Å². The Morgan fingerprint density at radius 1 is 1.14 bits per heavy atom. The number of halogens is 5. The molecule has 0 aromatic carbocycles. The van der Waals surface area contributed by atoms with Crippen LogP contribution < -0.4 is 0 Å². The number of thioether (sulfide) groups is 2. The van der Waals surface area contributed by atoms with E-state index in [1.165, 1.54) is 12.5 Å². The molecule has 1 aliphatic rings. The lowest BCUT2D eigenvalue weighted by Crippen LogP contribution is -2.51. The van der Waals surface area contributed by atoms with Gasteiger partial charge in [0.05, 0.1) is 5.57 Å². The van der Waals surface area contributed by atoms with E-state index in [9.17, 15) is 31.5 Å². The van der Waals surface area contributed by atoms with Gasteiger partial charge >= 0.3 is 6.18 Å². The van der Waals surface area contributed by atoms with E-state index in [4.69, 9.17) is 4.74 Å². The molecule has 1 aliphatic heterocycles. The van der Waals surface area contributed by atoms with Crippen molar-refractivity contribution in [3.05, 3.63) is 22.4 Å². The third kappa shape index (κ3) is 5.29. The standard InChI is InChI=1S/C17H22F5NO3S2/c1-8(2)6-9-10(15(24)27-4)12(14(18)19)23(7-26-3)13(17(20,21)22)11(9)16(25)28-5/h8,12,14H,6-7H2,1-5H3. The summed E-state index contributed by atoms with van der Waals surface area (Å²) in [5.41, 5.74) is -2.98. The Morgan fingerprint density at radius 2 is 1.68 bits per heavy atom. The molecule has 0 fully saturated rings. The fraction of sp³-hybridized carbons (Fsp3) is 0.647.